The maximum Gasteiger partial charge on any atom is 0.410 e. The first-order valence-corrected chi connectivity index (χ1v) is 17.1. The molecule has 1 aromatic carbocycles. The van der Waals surface area contributed by atoms with Crippen LogP contribution in [0.4, 0.5) is 4.79 Å². The fraction of sp³-hybridized carbons (Fsp3) is 0.609. The minimum absolute atomic E-state index is 0.0908. The summed E-state index contributed by atoms with van der Waals surface area (Å²) in [7, 11) is -5.11. The Labute approximate surface area is 202 Å². The standard InChI is InChI=1S/C23H35BrN2O4SSi/c1-8-23(25-31(28,29)11-12-32(5,6)7)19-13-18(24)10-9-17(19)14-22(23)15-26(16-22)20(27)30-21(2,3)4/h8-10,13,25H,1,11-12,14-16H2,2-7H3. The molecule has 0 radical (unpaired) electrons. The van der Waals surface area contributed by atoms with Gasteiger partial charge < -0.3 is 9.64 Å². The molecular weight excluding hydrogens is 508 g/mol. The van der Waals surface area contributed by atoms with Crippen LogP contribution >= 0.6 is 15.9 Å². The Bertz CT molecular complexity index is 1020. The summed E-state index contributed by atoms with van der Waals surface area (Å²) in [5, 5.41) is 0. The number of likely N-dealkylation sites (tertiary alicyclic amines) is 1. The molecule has 1 spiro atoms. The smallest absolute Gasteiger partial charge is 0.410 e. The first-order valence-electron chi connectivity index (χ1n) is 10.9. The maximum atomic E-state index is 13.3. The number of fused-ring (bicyclic) bond motifs is 1. The molecule has 0 saturated carbocycles. The molecule has 3 rings (SSSR count). The lowest BCUT2D eigenvalue weighted by Gasteiger charge is -2.56. The van der Waals surface area contributed by atoms with Gasteiger partial charge in [-0.05, 0) is 56.5 Å². The molecule has 1 heterocycles. The van der Waals surface area contributed by atoms with Crippen molar-refractivity contribution in [3.63, 3.8) is 0 Å². The number of benzene rings is 1. The number of hydrogen-bond donors (Lipinski definition) is 1. The van der Waals surface area contributed by atoms with E-state index >= 15 is 0 Å². The summed E-state index contributed by atoms with van der Waals surface area (Å²) >= 11 is 3.54. The van der Waals surface area contributed by atoms with Gasteiger partial charge in [0.05, 0.1) is 11.3 Å². The van der Waals surface area contributed by atoms with E-state index in [1.165, 1.54) is 0 Å². The topological polar surface area (TPSA) is 75.7 Å². The molecular formula is C23H35BrN2O4SSi. The molecule has 178 valence electrons. The molecule has 1 saturated heterocycles. The lowest BCUT2D eigenvalue weighted by atomic mass is 9.65. The number of ether oxygens (including phenoxy) is 1. The minimum Gasteiger partial charge on any atom is -0.444 e. The summed E-state index contributed by atoms with van der Waals surface area (Å²) in [5.74, 6) is 0.0908. The van der Waals surface area contributed by atoms with Gasteiger partial charge in [-0.15, -0.1) is 6.58 Å². The molecule has 1 fully saturated rings. The van der Waals surface area contributed by atoms with Crippen LogP contribution in [-0.2, 0) is 26.7 Å². The van der Waals surface area contributed by atoms with Crippen molar-refractivity contribution >= 4 is 40.1 Å². The van der Waals surface area contributed by atoms with Crippen LogP contribution in [0, 0.1) is 5.41 Å². The zero-order chi connectivity index (χ0) is 24.2. The Morgan fingerprint density at radius 1 is 1.31 bits per heavy atom. The second kappa shape index (κ2) is 8.25. The highest BCUT2D eigenvalue weighted by molar-refractivity contribution is 9.10. The van der Waals surface area contributed by atoms with Gasteiger partial charge in [-0.25, -0.2) is 17.9 Å². The van der Waals surface area contributed by atoms with Crippen LogP contribution in [0.3, 0.4) is 0 Å². The molecule has 6 nitrogen and oxygen atoms in total. The van der Waals surface area contributed by atoms with Crippen LogP contribution in [-0.4, -0.2) is 51.9 Å². The van der Waals surface area contributed by atoms with Crippen LogP contribution in [0.15, 0.2) is 35.3 Å². The van der Waals surface area contributed by atoms with Crippen molar-refractivity contribution < 1.29 is 17.9 Å². The number of nitrogens with zero attached hydrogens (tertiary/aromatic N) is 1. The van der Waals surface area contributed by atoms with Crippen molar-refractivity contribution in [2.24, 2.45) is 5.41 Å². The highest BCUT2D eigenvalue weighted by Gasteiger charge is 2.64. The van der Waals surface area contributed by atoms with E-state index in [-0.39, 0.29) is 11.8 Å². The molecule has 1 atom stereocenters. The van der Waals surface area contributed by atoms with Gasteiger partial charge in [-0.2, -0.15) is 0 Å². The van der Waals surface area contributed by atoms with Gasteiger partial charge >= 0.3 is 6.09 Å². The quantitative estimate of drug-likeness (QED) is 0.410. The number of carbonyl (C=O) groups excluding carboxylic acids is 1. The number of sulfonamides is 1. The third-order valence-electron chi connectivity index (χ3n) is 6.24. The first kappa shape index (κ1) is 25.5. The molecule has 2 aliphatic rings. The van der Waals surface area contributed by atoms with Gasteiger partial charge in [0.1, 0.15) is 5.60 Å². The van der Waals surface area contributed by atoms with Gasteiger partial charge in [0.15, 0.2) is 0 Å². The fourth-order valence-electron chi connectivity index (χ4n) is 4.63. The van der Waals surface area contributed by atoms with Crippen LogP contribution in [0.5, 0.6) is 0 Å². The Hall–Kier alpha value is -1.16. The summed E-state index contributed by atoms with van der Waals surface area (Å²) < 4.78 is 36.0. The lowest BCUT2D eigenvalue weighted by Crippen LogP contribution is -2.70. The first-order chi connectivity index (χ1) is 14.5. The van der Waals surface area contributed by atoms with Crippen molar-refractivity contribution in [3.8, 4) is 0 Å². The van der Waals surface area contributed by atoms with E-state index in [0.29, 0.717) is 25.6 Å². The Kier molecular flexibility index (Phi) is 6.56. The predicted octanol–water partition coefficient (Wildman–Crippen LogP) is 4.88. The van der Waals surface area contributed by atoms with Crippen LogP contribution in [0.2, 0.25) is 25.7 Å². The Morgan fingerprint density at radius 2 is 1.94 bits per heavy atom. The van der Waals surface area contributed by atoms with Crippen molar-refractivity contribution in [2.75, 3.05) is 18.8 Å². The number of amides is 1. The molecule has 0 bridgehead atoms. The van der Waals surface area contributed by atoms with E-state index in [1.54, 1.807) is 11.0 Å². The molecule has 1 aromatic rings. The average molecular weight is 544 g/mol. The molecule has 1 N–H and O–H groups in total. The SMILES string of the molecule is C=CC1(NS(=O)(=O)CC[Si](C)(C)C)c2cc(Br)ccc2CC12CN(C(=O)OC(C)(C)C)C2. The predicted molar refractivity (Wildman–Crippen MR) is 135 cm³/mol. The van der Waals surface area contributed by atoms with Crippen LogP contribution < -0.4 is 4.72 Å². The minimum atomic E-state index is -3.57. The second-order valence-electron chi connectivity index (χ2n) is 11.3. The van der Waals surface area contributed by atoms with E-state index in [2.05, 4.69) is 46.9 Å². The molecule has 9 heteroatoms. The molecule has 1 aliphatic heterocycles. The summed E-state index contributed by atoms with van der Waals surface area (Å²) in [4.78, 5) is 14.3. The Morgan fingerprint density at radius 3 is 2.47 bits per heavy atom. The molecule has 1 aliphatic carbocycles. The van der Waals surface area contributed by atoms with Gasteiger partial charge in [-0.3, -0.25) is 0 Å². The van der Waals surface area contributed by atoms with Gasteiger partial charge in [0.25, 0.3) is 0 Å². The third-order valence-corrected chi connectivity index (χ3v) is 10.2. The van der Waals surface area contributed by atoms with Gasteiger partial charge in [0, 0.05) is 31.1 Å². The van der Waals surface area contributed by atoms with Gasteiger partial charge in [-0.1, -0.05) is 47.7 Å². The monoisotopic (exact) mass is 542 g/mol. The summed E-state index contributed by atoms with van der Waals surface area (Å²) in [6, 6.07) is 6.65. The van der Waals surface area contributed by atoms with Crippen LogP contribution in [0.25, 0.3) is 0 Å². The summed E-state index contributed by atoms with van der Waals surface area (Å²) in [6.45, 7) is 16.9. The largest absolute Gasteiger partial charge is 0.444 e. The van der Waals surface area contributed by atoms with E-state index in [9.17, 15) is 13.2 Å². The van der Waals surface area contributed by atoms with Crippen LogP contribution in [0.1, 0.15) is 31.9 Å². The van der Waals surface area contributed by atoms with Crippen molar-refractivity contribution in [3.05, 3.63) is 46.5 Å². The number of halogens is 1. The highest BCUT2D eigenvalue weighted by Crippen LogP contribution is 2.56. The summed E-state index contributed by atoms with van der Waals surface area (Å²) in [5.41, 5.74) is -0.0894. The molecule has 1 amide bonds. The number of hydrogen-bond acceptors (Lipinski definition) is 4. The average Bonchev–Trinajstić information content (AvgIpc) is 2.87. The highest BCUT2D eigenvalue weighted by atomic mass is 79.9. The maximum absolute atomic E-state index is 13.3. The fourth-order valence-corrected chi connectivity index (χ4v) is 9.52. The normalized spacial score (nSPS) is 22.4. The zero-order valence-electron chi connectivity index (χ0n) is 19.9. The Balaban J connectivity index is 1.96. The second-order valence-corrected chi connectivity index (χ2v) is 19.7. The van der Waals surface area contributed by atoms with Crippen molar-refractivity contribution in [1.82, 2.24) is 9.62 Å². The van der Waals surface area contributed by atoms with E-state index in [4.69, 9.17) is 4.74 Å². The van der Waals surface area contributed by atoms with Gasteiger partial charge in [0.2, 0.25) is 10.0 Å². The van der Waals surface area contributed by atoms with Crippen molar-refractivity contribution in [1.29, 1.82) is 0 Å². The van der Waals surface area contributed by atoms with Crippen molar-refractivity contribution in [2.45, 2.75) is 64.0 Å². The molecule has 32 heavy (non-hydrogen) atoms. The van der Waals surface area contributed by atoms with E-state index in [1.807, 2.05) is 39.0 Å². The summed E-state index contributed by atoms with van der Waals surface area (Å²) in [6.07, 6.45) is 2.01. The number of carbonyl (C=O) groups is 1. The third kappa shape index (κ3) is 5.00. The van der Waals surface area contributed by atoms with E-state index in [0.717, 1.165) is 15.6 Å². The number of rotatable bonds is 6. The number of nitrogens with one attached hydrogen (secondary N) is 1. The lowest BCUT2D eigenvalue weighted by molar-refractivity contribution is -0.0569. The molecule has 0 aromatic heterocycles. The molecule has 1 unspecified atom stereocenters. The zero-order valence-corrected chi connectivity index (χ0v) is 23.3. The van der Waals surface area contributed by atoms with E-state index < -0.39 is 34.7 Å².